The Balaban J connectivity index is 0.000000757. The van der Waals surface area contributed by atoms with Crippen LogP contribution in [-0.2, 0) is 9.53 Å². The summed E-state index contributed by atoms with van der Waals surface area (Å²) in [5.74, 6) is 0.315. The van der Waals surface area contributed by atoms with Crippen molar-refractivity contribution in [2.45, 2.75) is 97.4 Å². The minimum atomic E-state index is 0.196. The summed E-state index contributed by atoms with van der Waals surface area (Å²) in [6.07, 6.45) is 15.3. The topological polar surface area (TPSA) is 41.6 Å². The van der Waals surface area contributed by atoms with Crippen LogP contribution in [0.25, 0.3) is 0 Å². The summed E-state index contributed by atoms with van der Waals surface area (Å²) >= 11 is 0. The lowest BCUT2D eigenvalue weighted by Crippen LogP contribution is -2.46. The Morgan fingerprint density at radius 1 is 1.17 bits per heavy atom. The van der Waals surface area contributed by atoms with Crippen LogP contribution in [0, 0.1) is 0 Å². The summed E-state index contributed by atoms with van der Waals surface area (Å²) in [5.41, 5.74) is 4.87. The van der Waals surface area contributed by atoms with E-state index in [2.05, 4.69) is 35.0 Å². The van der Waals surface area contributed by atoms with Crippen molar-refractivity contribution in [3.05, 3.63) is 47.2 Å². The van der Waals surface area contributed by atoms with Gasteiger partial charge in [0.1, 0.15) is 5.78 Å². The fraction of sp³-hybridized carbons (Fsp3) is 0.654. The molecule has 0 aromatic rings. The molecule has 1 saturated carbocycles. The van der Waals surface area contributed by atoms with Gasteiger partial charge in [0.25, 0.3) is 0 Å². The fourth-order valence-electron chi connectivity index (χ4n) is 4.87. The molecular weight excluding hydrogens is 372 g/mol. The van der Waals surface area contributed by atoms with Crippen molar-refractivity contribution < 1.29 is 9.53 Å². The molecule has 4 rings (SSSR count). The molecule has 2 unspecified atom stereocenters. The zero-order valence-electron chi connectivity index (χ0n) is 19.8. The van der Waals surface area contributed by atoms with Crippen LogP contribution in [-0.4, -0.2) is 42.6 Å². The first-order valence-corrected chi connectivity index (χ1v) is 12.0. The van der Waals surface area contributed by atoms with Crippen LogP contribution < -0.4 is 5.32 Å². The van der Waals surface area contributed by atoms with E-state index in [0.29, 0.717) is 30.8 Å². The quantitative estimate of drug-likeness (QED) is 0.629. The molecule has 1 aliphatic heterocycles. The van der Waals surface area contributed by atoms with Gasteiger partial charge in [0, 0.05) is 44.7 Å². The summed E-state index contributed by atoms with van der Waals surface area (Å²) in [4.78, 5) is 14.5. The monoisotopic (exact) mass is 414 g/mol. The molecule has 30 heavy (non-hydrogen) atoms. The molecule has 4 heteroatoms. The maximum atomic E-state index is 12.1. The summed E-state index contributed by atoms with van der Waals surface area (Å²) in [6, 6.07) is 0.613. The van der Waals surface area contributed by atoms with Crippen LogP contribution in [0.5, 0.6) is 0 Å². The number of carbonyl (C=O) groups is 1. The molecule has 1 N–H and O–H groups in total. The van der Waals surface area contributed by atoms with Crippen LogP contribution in [0.2, 0.25) is 0 Å². The first-order valence-electron chi connectivity index (χ1n) is 12.0. The van der Waals surface area contributed by atoms with Gasteiger partial charge in [0.05, 0.1) is 12.3 Å². The largest absolute Gasteiger partial charge is 0.377 e. The minimum Gasteiger partial charge on any atom is -0.377 e. The molecule has 168 valence electrons. The molecule has 1 heterocycles. The van der Waals surface area contributed by atoms with E-state index in [0.717, 1.165) is 25.0 Å². The molecule has 1 fully saturated rings. The number of Topliss-reactive ketones (excluding diaryl/α,β-unsaturated/α-hetero) is 1. The molecule has 4 aliphatic rings. The summed E-state index contributed by atoms with van der Waals surface area (Å²) in [7, 11) is 1.76. The standard InChI is InChI=1S/C22H30N2O2.2C2H6/c1-15-11-19(25)12-17-13-21(23-18-5-3-4-6-18)24(22(15)17)14-16-7-9-20(26-2)10-8-16;2*1-2/h7-9,18,20-21,23H,1,3-6,10-14H2,2H3;2*1-2H3. The van der Waals surface area contributed by atoms with Crippen molar-refractivity contribution in [1.29, 1.82) is 0 Å². The van der Waals surface area contributed by atoms with Crippen molar-refractivity contribution >= 4 is 5.78 Å². The van der Waals surface area contributed by atoms with Gasteiger partial charge in [-0.15, -0.1) is 0 Å². The highest BCUT2D eigenvalue weighted by molar-refractivity contribution is 5.86. The Morgan fingerprint density at radius 3 is 2.47 bits per heavy atom. The number of rotatable bonds is 5. The average molecular weight is 415 g/mol. The second-order valence-electron chi connectivity index (χ2n) is 8.09. The van der Waals surface area contributed by atoms with Crippen LogP contribution >= 0.6 is 0 Å². The van der Waals surface area contributed by atoms with E-state index in [1.807, 2.05) is 27.7 Å². The summed E-state index contributed by atoms with van der Waals surface area (Å²) in [5, 5.41) is 3.89. The number of nitrogens with one attached hydrogen (secondary N) is 1. The van der Waals surface area contributed by atoms with Gasteiger partial charge in [0.15, 0.2) is 0 Å². The van der Waals surface area contributed by atoms with Gasteiger partial charge < -0.3 is 9.64 Å². The Labute approximate surface area is 184 Å². The Morgan fingerprint density at radius 2 is 1.87 bits per heavy atom. The van der Waals surface area contributed by atoms with Gasteiger partial charge in [-0.2, -0.15) is 0 Å². The number of allylic oxidation sites excluding steroid dienone is 1. The highest BCUT2D eigenvalue weighted by atomic mass is 16.5. The second kappa shape index (κ2) is 12.3. The Hall–Kier alpha value is -1.65. The average Bonchev–Trinajstić information content (AvgIpc) is 3.40. The van der Waals surface area contributed by atoms with E-state index < -0.39 is 0 Å². The Bertz CT molecular complexity index is 683. The summed E-state index contributed by atoms with van der Waals surface area (Å²) < 4.78 is 5.42. The second-order valence-corrected chi connectivity index (χ2v) is 8.09. The molecular formula is C26H42N2O2. The zero-order chi connectivity index (χ0) is 22.1. The maximum absolute atomic E-state index is 12.1. The molecule has 0 aromatic carbocycles. The van der Waals surface area contributed by atoms with Gasteiger partial charge in [-0.1, -0.05) is 65.3 Å². The van der Waals surface area contributed by atoms with Crippen LogP contribution in [0.1, 0.15) is 79.1 Å². The Kier molecular flexibility index (Phi) is 10.1. The van der Waals surface area contributed by atoms with Crippen molar-refractivity contribution in [1.82, 2.24) is 10.2 Å². The third kappa shape index (κ3) is 5.95. The van der Waals surface area contributed by atoms with Crippen LogP contribution in [0.15, 0.2) is 47.2 Å². The first-order chi connectivity index (χ1) is 14.6. The number of hydrogen-bond donors (Lipinski definition) is 1. The molecule has 0 aromatic heterocycles. The predicted octanol–water partition coefficient (Wildman–Crippen LogP) is 5.68. The van der Waals surface area contributed by atoms with Gasteiger partial charge in [-0.25, -0.2) is 0 Å². The number of methoxy groups -OCH3 is 1. The van der Waals surface area contributed by atoms with E-state index in [1.165, 1.54) is 42.5 Å². The van der Waals surface area contributed by atoms with Crippen molar-refractivity contribution in [3.63, 3.8) is 0 Å². The SMILES string of the molecule is C=C1CC(=O)CC2=C1N(CC1=CCC(OC)C=C1)C(NC1CCCC1)C2.CC.CC. The molecule has 0 amide bonds. The third-order valence-corrected chi connectivity index (χ3v) is 6.17. The van der Waals surface area contributed by atoms with E-state index in [-0.39, 0.29) is 6.10 Å². The third-order valence-electron chi connectivity index (χ3n) is 6.17. The fourth-order valence-corrected chi connectivity index (χ4v) is 4.87. The zero-order valence-corrected chi connectivity index (χ0v) is 19.8. The van der Waals surface area contributed by atoms with E-state index in [4.69, 9.17) is 4.74 Å². The van der Waals surface area contributed by atoms with Gasteiger partial charge in [0.2, 0.25) is 0 Å². The highest BCUT2D eigenvalue weighted by Gasteiger charge is 2.37. The molecule has 0 saturated heterocycles. The molecule has 0 radical (unpaired) electrons. The first kappa shape index (κ1) is 24.6. The summed E-state index contributed by atoms with van der Waals surface area (Å²) in [6.45, 7) is 13.1. The van der Waals surface area contributed by atoms with Crippen LogP contribution in [0.4, 0.5) is 0 Å². The number of ketones is 1. The van der Waals surface area contributed by atoms with Gasteiger partial charge >= 0.3 is 0 Å². The van der Waals surface area contributed by atoms with Crippen molar-refractivity contribution in [2.75, 3.05) is 13.7 Å². The van der Waals surface area contributed by atoms with E-state index in [9.17, 15) is 4.79 Å². The molecule has 2 atom stereocenters. The van der Waals surface area contributed by atoms with E-state index >= 15 is 0 Å². The number of nitrogens with zero attached hydrogens (tertiary/aromatic N) is 1. The van der Waals surface area contributed by atoms with Crippen molar-refractivity contribution in [3.8, 4) is 0 Å². The lowest BCUT2D eigenvalue weighted by atomic mass is 9.92. The normalized spacial score (nSPS) is 26.0. The molecule has 0 spiro atoms. The molecule has 0 bridgehead atoms. The lowest BCUT2D eigenvalue weighted by molar-refractivity contribution is -0.118. The number of hydrogen-bond acceptors (Lipinski definition) is 4. The minimum absolute atomic E-state index is 0.196. The van der Waals surface area contributed by atoms with Crippen molar-refractivity contribution in [2.24, 2.45) is 0 Å². The van der Waals surface area contributed by atoms with Gasteiger partial charge in [-0.3, -0.25) is 10.1 Å². The smallest absolute Gasteiger partial charge is 0.141 e. The maximum Gasteiger partial charge on any atom is 0.141 e. The van der Waals surface area contributed by atoms with E-state index in [1.54, 1.807) is 7.11 Å². The highest BCUT2D eigenvalue weighted by Crippen LogP contribution is 2.40. The lowest BCUT2D eigenvalue weighted by Gasteiger charge is -2.34. The molecule has 3 aliphatic carbocycles. The predicted molar refractivity (Wildman–Crippen MR) is 126 cm³/mol. The number of ether oxygens (including phenoxy) is 1. The molecule has 4 nitrogen and oxygen atoms in total. The van der Waals surface area contributed by atoms with Gasteiger partial charge in [-0.05, 0) is 36.0 Å². The number of carbonyl (C=O) groups excluding carboxylic acids is 1. The van der Waals surface area contributed by atoms with Crippen LogP contribution in [0.3, 0.4) is 0 Å².